The van der Waals surface area contributed by atoms with Gasteiger partial charge in [-0.25, -0.2) is 8.42 Å². The van der Waals surface area contributed by atoms with Gasteiger partial charge in [-0.15, -0.1) is 5.10 Å². The molecule has 4 nitrogen and oxygen atoms in total. The van der Waals surface area contributed by atoms with Gasteiger partial charge in [0.1, 0.15) is 0 Å². The average molecular weight is 172 g/mol. The van der Waals surface area contributed by atoms with Crippen molar-refractivity contribution >= 4 is 9.84 Å². The molecule has 0 aliphatic heterocycles. The fourth-order valence-electron chi connectivity index (χ4n) is 0.584. The molecule has 5 heteroatoms. The van der Waals surface area contributed by atoms with E-state index in [1.165, 1.54) is 6.07 Å². The number of aromatic nitrogens is 2. The Balaban J connectivity index is 3.20. The Labute approximate surface area is 65.2 Å². The normalized spacial score (nSPS) is 11.5. The van der Waals surface area contributed by atoms with Crippen LogP contribution in [0, 0.1) is 6.92 Å². The molecule has 0 saturated carbocycles. The highest BCUT2D eigenvalue weighted by Crippen LogP contribution is 2.02. The molecule has 11 heavy (non-hydrogen) atoms. The summed E-state index contributed by atoms with van der Waals surface area (Å²) in [6.45, 7) is 1.75. The van der Waals surface area contributed by atoms with Crippen LogP contribution < -0.4 is 0 Å². The standard InChI is InChI=1S/C6H8N2O2S/c1-5-3-4-6(8-7-5)11(2,9)10/h3-4H,1-2H3. The molecule has 1 aromatic heterocycles. The van der Waals surface area contributed by atoms with Crippen LogP contribution in [0.5, 0.6) is 0 Å². The van der Waals surface area contributed by atoms with Crippen molar-refractivity contribution in [3.05, 3.63) is 17.8 Å². The van der Waals surface area contributed by atoms with Gasteiger partial charge < -0.3 is 0 Å². The second kappa shape index (κ2) is 2.58. The maximum Gasteiger partial charge on any atom is 0.194 e. The largest absolute Gasteiger partial charge is 0.222 e. The molecule has 0 N–H and O–H groups in total. The van der Waals surface area contributed by atoms with E-state index in [9.17, 15) is 8.42 Å². The Morgan fingerprint density at radius 1 is 1.27 bits per heavy atom. The lowest BCUT2D eigenvalue weighted by atomic mass is 10.4. The SMILES string of the molecule is Cc1ccc(S(C)(=O)=O)nn1. The first-order valence-corrected chi connectivity index (χ1v) is 4.90. The first kappa shape index (κ1) is 8.13. The molecule has 1 aromatic rings. The van der Waals surface area contributed by atoms with Crippen LogP contribution in [0.2, 0.25) is 0 Å². The molecule has 0 unspecified atom stereocenters. The molecule has 0 aliphatic carbocycles. The third-order valence-corrected chi connectivity index (χ3v) is 2.13. The highest BCUT2D eigenvalue weighted by Gasteiger charge is 2.07. The van der Waals surface area contributed by atoms with Gasteiger partial charge in [-0.05, 0) is 19.1 Å². The zero-order chi connectivity index (χ0) is 8.48. The first-order chi connectivity index (χ1) is 5.00. The summed E-state index contributed by atoms with van der Waals surface area (Å²) in [5.74, 6) is 0. The quantitative estimate of drug-likeness (QED) is 0.606. The van der Waals surface area contributed by atoms with E-state index < -0.39 is 9.84 Å². The first-order valence-electron chi connectivity index (χ1n) is 3.00. The lowest BCUT2D eigenvalue weighted by Gasteiger charge is -1.94. The summed E-state index contributed by atoms with van der Waals surface area (Å²) in [6.07, 6.45) is 1.10. The Kier molecular flexibility index (Phi) is 1.90. The molecule has 1 heterocycles. The predicted octanol–water partition coefficient (Wildman–Crippen LogP) is 0.189. The van der Waals surface area contributed by atoms with Crippen molar-refractivity contribution in [2.75, 3.05) is 6.26 Å². The van der Waals surface area contributed by atoms with Crippen molar-refractivity contribution in [1.29, 1.82) is 0 Å². The average Bonchev–Trinajstić information content (AvgIpc) is 1.86. The summed E-state index contributed by atoms with van der Waals surface area (Å²) in [4.78, 5) is 0. The van der Waals surface area contributed by atoms with Crippen LogP contribution in [0.4, 0.5) is 0 Å². The number of rotatable bonds is 1. The third-order valence-electron chi connectivity index (χ3n) is 1.15. The van der Waals surface area contributed by atoms with Crippen molar-refractivity contribution in [1.82, 2.24) is 10.2 Å². The monoisotopic (exact) mass is 172 g/mol. The number of nitrogens with zero attached hydrogens (tertiary/aromatic N) is 2. The van der Waals surface area contributed by atoms with Crippen molar-refractivity contribution in [3.63, 3.8) is 0 Å². The van der Waals surface area contributed by atoms with Crippen LogP contribution in [0.3, 0.4) is 0 Å². The van der Waals surface area contributed by atoms with Gasteiger partial charge in [0, 0.05) is 6.26 Å². The molecule has 1 rings (SSSR count). The van der Waals surface area contributed by atoms with Gasteiger partial charge in [0.15, 0.2) is 14.9 Å². The van der Waals surface area contributed by atoms with Gasteiger partial charge in [-0.1, -0.05) is 0 Å². The second-order valence-electron chi connectivity index (χ2n) is 2.29. The van der Waals surface area contributed by atoms with E-state index in [1.807, 2.05) is 0 Å². The van der Waals surface area contributed by atoms with Gasteiger partial charge in [0.05, 0.1) is 5.69 Å². The molecular formula is C6H8N2O2S. The van der Waals surface area contributed by atoms with E-state index in [1.54, 1.807) is 13.0 Å². The van der Waals surface area contributed by atoms with Crippen LogP contribution in [0.15, 0.2) is 17.2 Å². The van der Waals surface area contributed by atoms with Crippen LogP contribution in [0.25, 0.3) is 0 Å². The zero-order valence-electron chi connectivity index (χ0n) is 6.27. The van der Waals surface area contributed by atoms with Crippen molar-refractivity contribution in [3.8, 4) is 0 Å². The maximum absolute atomic E-state index is 10.8. The minimum Gasteiger partial charge on any atom is -0.222 e. The van der Waals surface area contributed by atoms with Gasteiger partial charge in [0.25, 0.3) is 0 Å². The van der Waals surface area contributed by atoms with Gasteiger partial charge in [-0.3, -0.25) is 0 Å². The fraction of sp³-hybridized carbons (Fsp3) is 0.333. The Bertz CT molecular complexity index is 341. The lowest BCUT2D eigenvalue weighted by molar-refractivity contribution is 0.595. The minimum atomic E-state index is -3.19. The Hall–Kier alpha value is -0.970. The maximum atomic E-state index is 10.8. The number of aryl methyl sites for hydroxylation is 1. The molecule has 0 aromatic carbocycles. The second-order valence-corrected chi connectivity index (χ2v) is 4.25. The summed E-state index contributed by atoms with van der Waals surface area (Å²) in [5, 5.41) is 7.14. The molecular weight excluding hydrogens is 164 g/mol. The Morgan fingerprint density at radius 2 is 1.91 bits per heavy atom. The molecule has 0 bridgehead atoms. The predicted molar refractivity (Wildman–Crippen MR) is 39.9 cm³/mol. The summed E-state index contributed by atoms with van der Waals surface area (Å²) >= 11 is 0. The summed E-state index contributed by atoms with van der Waals surface area (Å²) < 4.78 is 21.7. The molecule has 0 spiro atoms. The smallest absolute Gasteiger partial charge is 0.194 e. The minimum absolute atomic E-state index is 0.0168. The molecule has 0 saturated heterocycles. The number of hydrogen-bond acceptors (Lipinski definition) is 4. The van der Waals surface area contributed by atoms with Crippen LogP contribution in [0.1, 0.15) is 5.69 Å². The zero-order valence-corrected chi connectivity index (χ0v) is 7.09. The summed E-state index contributed by atoms with van der Waals surface area (Å²) in [6, 6.07) is 3.06. The van der Waals surface area contributed by atoms with Crippen LogP contribution >= 0.6 is 0 Å². The van der Waals surface area contributed by atoms with E-state index in [-0.39, 0.29) is 5.03 Å². The van der Waals surface area contributed by atoms with E-state index in [2.05, 4.69) is 10.2 Å². The van der Waals surface area contributed by atoms with E-state index >= 15 is 0 Å². The van der Waals surface area contributed by atoms with Gasteiger partial charge in [-0.2, -0.15) is 5.10 Å². The molecule has 60 valence electrons. The third kappa shape index (κ3) is 1.98. The van der Waals surface area contributed by atoms with Crippen LogP contribution in [-0.2, 0) is 9.84 Å². The molecule has 0 aliphatic rings. The van der Waals surface area contributed by atoms with E-state index in [0.29, 0.717) is 5.69 Å². The van der Waals surface area contributed by atoms with Crippen molar-refractivity contribution in [2.45, 2.75) is 11.9 Å². The fourth-order valence-corrected chi connectivity index (χ4v) is 1.09. The highest BCUT2D eigenvalue weighted by atomic mass is 32.2. The lowest BCUT2D eigenvalue weighted by Crippen LogP contribution is -2.01. The highest BCUT2D eigenvalue weighted by molar-refractivity contribution is 7.90. The van der Waals surface area contributed by atoms with Crippen LogP contribution in [-0.4, -0.2) is 24.9 Å². The topological polar surface area (TPSA) is 59.9 Å². The molecule has 0 fully saturated rings. The van der Waals surface area contributed by atoms with Crippen molar-refractivity contribution < 1.29 is 8.42 Å². The van der Waals surface area contributed by atoms with E-state index in [4.69, 9.17) is 0 Å². The summed E-state index contributed by atoms with van der Waals surface area (Å²) in [5.41, 5.74) is 0.706. The summed E-state index contributed by atoms with van der Waals surface area (Å²) in [7, 11) is -3.19. The number of sulfone groups is 1. The van der Waals surface area contributed by atoms with Gasteiger partial charge >= 0.3 is 0 Å². The molecule has 0 atom stereocenters. The van der Waals surface area contributed by atoms with E-state index in [0.717, 1.165) is 6.26 Å². The van der Waals surface area contributed by atoms with Gasteiger partial charge in [0.2, 0.25) is 0 Å². The van der Waals surface area contributed by atoms with Crippen molar-refractivity contribution in [2.24, 2.45) is 0 Å². The molecule has 0 radical (unpaired) electrons. The number of hydrogen-bond donors (Lipinski definition) is 0. The Morgan fingerprint density at radius 3 is 2.27 bits per heavy atom. The molecule has 0 amide bonds.